The molecule has 1 aliphatic rings. The molecule has 0 spiro atoms. The highest BCUT2D eigenvalue weighted by Gasteiger charge is 2.37. The zero-order valence-corrected chi connectivity index (χ0v) is 15.9. The van der Waals surface area contributed by atoms with Crippen LogP contribution < -0.4 is 0 Å². The molecule has 1 aliphatic carbocycles. The van der Waals surface area contributed by atoms with Crippen LogP contribution in [0.4, 0.5) is 4.39 Å². The van der Waals surface area contributed by atoms with E-state index in [0.717, 1.165) is 5.56 Å². The minimum atomic E-state index is -0.314. The molecule has 1 aromatic carbocycles. The van der Waals surface area contributed by atoms with E-state index >= 15 is 0 Å². The van der Waals surface area contributed by atoms with Crippen molar-refractivity contribution in [2.24, 2.45) is 5.41 Å². The van der Waals surface area contributed by atoms with E-state index in [1.54, 1.807) is 31.0 Å². The third kappa shape index (κ3) is 3.18. The monoisotopic (exact) mass is 357 g/mol. The van der Waals surface area contributed by atoms with Crippen molar-refractivity contribution in [3.05, 3.63) is 58.3 Å². The Labute approximate surface area is 153 Å². The Bertz CT molecular complexity index is 864. The number of amides is 1. The van der Waals surface area contributed by atoms with Gasteiger partial charge in [0.25, 0.3) is 5.91 Å². The molecule has 1 amide bonds. The van der Waals surface area contributed by atoms with Crippen molar-refractivity contribution in [2.45, 2.75) is 46.6 Å². The third-order valence-electron chi connectivity index (χ3n) is 5.22. The second-order valence-electron chi connectivity index (χ2n) is 7.94. The van der Waals surface area contributed by atoms with E-state index < -0.39 is 0 Å². The minimum absolute atomic E-state index is 0.0331. The van der Waals surface area contributed by atoms with Gasteiger partial charge in [0, 0.05) is 25.5 Å². The number of Topliss-reactive ketones (excluding diaryl/α,β-unsaturated/α-hetero) is 1. The number of halogens is 1. The average molecular weight is 357 g/mol. The van der Waals surface area contributed by atoms with Crippen LogP contribution in [0.5, 0.6) is 0 Å². The summed E-state index contributed by atoms with van der Waals surface area (Å²) in [6.07, 6.45) is 1.09. The van der Waals surface area contributed by atoms with E-state index in [1.165, 1.54) is 12.1 Å². The topological polar surface area (TPSA) is 50.5 Å². The van der Waals surface area contributed by atoms with E-state index in [0.29, 0.717) is 29.7 Å². The lowest BCUT2D eigenvalue weighted by Gasteiger charge is -2.27. The highest BCUT2D eigenvalue weighted by Crippen LogP contribution is 2.39. The van der Waals surface area contributed by atoms with Gasteiger partial charge in [-0.05, 0) is 37.0 Å². The number of furan rings is 1. The van der Waals surface area contributed by atoms with Gasteiger partial charge in [-0.1, -0.05) is 26.0 Å². The van der Waals surface area contributed by atoms with E-state index in [4.69, 9.17) is 4.42 Å². The van der Waals surface area contributed by atoms with Crippen LogP contribution in [0.3, 0.4) is 0 Å². The molecule has 0 N–H and O–H groups in total. The number of rotatable bonds is 3. The summed E-state index contributed by atoms with van der Waals surface area (Å²) in [5.74, 6) is 0.267. The van der Waals surface area contributed by atoms with Gasteiger partial charge in [-0.3, -0.25) is 9.59 Å². The van der Waals surface area contributed by atoms with Crippen molar-refractivity contribution in [3.8, 4) is 0 Å². The molecule has 0 radical (unpaired) electrons. The SMILES string of the molecule is Cc1c(C(=O)N(C)[C@@H](C)c2ccc(F)cc2)oc2c1C(=O)CC(C)(C)C2. The quantitative estimate of drug-likeness (QED) is 0.799. The Morgan fingerprint density at radius 1 is 1.23 bits per heavy atom. The lowest BCUT2D eigenvalue weighted by Crippen LogP contribution is -2.30. The molecule has 1 atom stereocenters. The van der Waals surface area contributed by atoms with Gasteiger partial charge in [0.05, 0.1) is 11.6 Å². The van der Waals surface area contributed by atoms with Gasteiger partial charge in [-0.25, -0.2) is 4.39 Å². The first-order valence-corrected chi connectivity index (χ1v) is 8.79. The van der Waals surface area contributed by atoms with Crippen molar-refractivity contribution in [1.29, 1.82) is 0 Å². The molecule has 1 aromatic heterocycles. The smallest absolute Gasteiger partial charge is 0.290 e. The molecular formula is C21H24FNO3. The highest BCUT2D eigenvalue weighted by atomic mass is 19.1. The molecule has 0 fully saturated rings. The molecule has 0 aliphatic heterocycles. The van der Waals surface area contributed by atoms with E-state index in [-0.39, 0.29) is 34.7 Å². The van der Waals surface area contributed by atoms with Gasteiger partial charge in [-0.2, -0.15) is 0 Å². The van der Waals surface area contributed by atoms with Gasteiger partial charge in [0.2, 0.25) is 0 Å². The zero-order chi connectivity index (χ0) is 19.2. The second-order valence-corrected chi connectivity index (χ2v) is 7.94. The Morgan fingerprint density at radius 3 is 2.46 bits per heavy atom. The molecule has 4 nitrogen and oxygen atoms in total. The molecule has 0 saturated carbocycles. The maximum atomic E-state index is 13.1. The number of nitrogens with zero attached hydrogens (tertiary/aromatic N) is 1. The number of hydrogen-bond acceptors (Lipinski definition) is 3. The van der Waals surface area contributed by atoms with Crippen LogP contribution in [0.2, 0.25) is 0 Å². The third-order valence-corrected chi connectivity index (χ3v) is 5.22. The standard InChI is InChI=1S/C21H24FNO3/c1-12-18-16(24)10-21(3,4)11-17(18)26-19(12)20(25)23(5)13(2)14-6-8-15(22)9-7-14/h6-9,13H,10-11H2,1-5H3/t13-/m0/s1. The van der Waals surface area contributed by atoms with Crippen molar-refractivity contribution in [1.82, 2.24) is 4.90 Å². The lowest BCUT2D eigenvalue weighted by atomic mass is 9.76. The summed E-state index contributed by atoms with van der Waals surface area (Å²) in [7, 11) is 1.68. The summed E-state index contributed by atoms with van der Waals surface area (Å²) < 4.78 is 19.0. The Morgan fingerprint density at radius 2 is 1.85 bits per heavy atom. The number of fused-ring (bicyclic) bond motifs is 1. The number of hydrogen-bond donors (Lipinski definition) is 0. The fourth-order valence-electron chi connectivity index (χ4n) is 3.59. The number of carbonyl (C=O) groups is 2. The van der Waals surface area contributed by atoms with Crippen LogP contribution in [0.25, 0.3) is 0 Å². The van der Waals surface area contributed by atoms with Gasteiger partial charge < -0.3 is 9.32 Å². The molecule has 0 bridgehead atoms. The molecule has 2 aromatic rings. The molecule has 5 heteroatoms. The second kappa shape index (κ2) is 6.38. The van der Waals surface area contributed by atoms with Gasteiger partial charge >= 0.3 is 0 Å². The molecule has 138 valence electrons. The predicted octanol–water partition coefficient (Wildman–Crippen LogP) is 4.72. The first-order valence-electron chi connectivity index (χ1n) is 8.79. The largest absolute Gasteiger partial charge is 0.455 e. The van der Waals surface area contributed by atoms with Crippen molar-refractivity contribution in [3.63, 3.8) is 0 Å². The van der Waals surface area contributed by atoms with Crippen molar-refractivity contribution >= 4 is 11.7 Å². The molecule has 1 heterocycles. The summed E-state index contributed by atoms with van der Waals surface area (Å²) in [4.78, 5) is 27.0. The summed E-state index contributed by atoms with van der Waals surface area (Å²) in [6.45, 7) is 7.69. The first kappa shape index (κ1) is 18.4. The van der Waals surface area contributed by atoms with Crippen LogP contribution in [0, 0.1) is 18.2 Å². The molecule has 0 unspecified atom stereocenters. The van der Waals surface area contributed by atoms with Gasteiger partial charge in [-0.15, -0.1) is 0 Å². The zero-order valence-electron chi connectivity index (χ0n) is 15.9. The maximum absolute atomic E-state index is 13.1. The predicted molar refractivity (Wildman–Crippen MR) is 96.8 cm³/mol. The summed E-state index contributed by atoms with van der Waals surface area (Å²) in [6, 6.07) is 5.83. The average Bonchev–Trinajstić information content (AvgIpc) is 2.88. The first-order chi connectivity index (χ1) is 12.1. The van der Waals surface area contributed by atoms with Gasteiger partial charge in [0.1, 0.15) is 11.6 Å². The highest BCUT2D eigenvalue weighted by molar-refractivity contribution is 6.03. The summed E-state index contributed by atoms with van der Waals surface area (Å²) in [5, 5.41) is 0. The fraction of sp³-hybridized carbons (Fsp3) is 0.429. The fourth-order valence-corrected chi connectivity index (χ4v) is 3.59. The number of ketones is 1. The lowest BCUT2D eigenvalue weighted by molar-refractivity contribution is 0.0704. The summed E-state index contributed by atoms with van der Waals surface area (Å²) >= 11 is 0. The normalized spacial score (nSPS) is 16.9. The van der Waals surface area contributed by atoms with Crippen LogP contribution in [-0.2, 0) is 6.42 Å². The summed E-state index contributed by atoms with van der Waals surface area (Å²) in [5.41, 5.74) is 1.84. The molecule has 26 heavy (non-hydrogen) atoms. The Hall–Kier alpha value is -2.43. The van der Waals surface area contributed by atoms with Crippen LogP contribution in [0.15, 0.2) is 28.7 Å². The van der Waals surface area contributed by atoms with Gasteiger partial charge in [0.15, 0.2) is 11.5 Å². The van der Waals surface area contributed by atoms with E-state index in [1.807, 2.05) is 20.8 Å². The molecular weight excluding hydrogens is 333 g/mol. The van der Waals surface area contributed by atoms with E-state index in [2.05, 4.69) is 0 Å². The number of benzene rings is 1. The minimum Gasteiger partial charge on any atom is -0.455 e. The Kier molecular flexibility index (Phi) is 4.51. The molecule has 3 rings (SSSR count). The van der Waals surface area contributed by atoms with Crippen LogP contribution in [0.1, 0.15) is 71.0 Å². The van der Waals surface area contributed by atoms with Crippen molar-refractivity contribution < 1.29 is 18.4 Å². The molecule has 0 saturated heterocycles. The van der Waals surface area contributed by atoms with Crippen LogP contribution >= 0.6 is 0 Å². The maximum Gasteiger partial charge on any atom is 0.290 e. The van der Waals surface area contributed by atoms with Crippen LogP contribution in [-0.4, -0.2) is 23.6 Å². The number of carbonyl (C=O) groups excluding carboxylic acids is 2. The van der Waals surface area contributed by atoms with E-state index in [9.17, 15) is 14.0 Å². The van der Waals surface area contributed by atoms with Crippen molar-refractivity contribution in [2.75, 3.05) is 7.05 Å². The Balaban J connectivity index is 1.91.